The van der Waals surface area contributed by atoms with Crippen LogP contribution in [0, 0.1) is 0 Å². The molecule has 1 aromatic carbocycles. The number of carbonyl (C=O) groups excluding carboxylic acids is 1. The summed E-state index contributed by atoms with van der Waals surface area (Å²) < 4.78 is 10.6. The predicted molar refractivity (Wildman–Crippen MR) is 69.2 cm³/mol. The molecule has 0 spiro atoms. The number of hydrogen-bond acceptors (Lipinski definition) is 3. The highest BCUT2D eigenvalue weighted by Crippen LogP contribution is 2.32. The first-order valence-corrected chi connectivity index (χ1v) is 6.02. The number of anilines is 1. The number of hydrogen-bond donors (Lipinski definition) is 1. The molecule has 0 saturated carbocycles. The summed E-state index contributed by atoms with van der Waals surface area (Å²) in [6.45, 7) is 3.51. The number of para-hydroxylation sites is 2. The number of benzene rings is 1. The molecule has 2 rings (SSSR count). The van der Waals surface area contributed by atoms with Crippen LogP contribution in [0.3, 0.4) is 0 Å². The third kappa shape index (κ3) is 2.73. The van der Waals surface area contributed by atoms with Crippen molar-refractivity contribution in [2.75, 3.05) is 31.7 Å². The van der Waals surface area contributed by atoms with Gasteiger partial charge in [-0.15, -0.1) is 0 Å². The Labute approximate surface area is 107 Å². The largest absolute Gasteiger partial charge is 0.487 e. The lowest BCUT2D eigenvalue weighted by atomic mass is 10.2. The molecule has 5 nitrogen and oxygen atoms in total. The van der Waals surface area contributed by atoms with Crippen LogP contribution < -0.4 is 15.0 Å². The first-order valence-electron chi connectivity index (χ1n) is 6.02. The van der Waals surface area contributed by atoms with Crippen LogP contribution in [-0.4, -0.2) is 38.9 Å². The van der Waals surface area contributed by atoms with Crippen molar-refractivity contribution >= 4 is 11.7 Å². The van der Waals surface area contributed by atoms with E-state index in [-0.39, 0.29) is 12.1 Å². The quantitative estimate of drug-likeness (QED) is 0.829. The van der Waals surface area contributed by atoms with Crippen molar-refractivity contribution in [3.05, 3.63) is 24.3 Å². The minimum atomic E-state index is -0.116. The summed E-state index contributed by atoms with van der Waals surface area (Å²) in [5, 5.41) is 2.82. The number of fused-ring (bicyclic) bond motifs is 1. The average molecular weight is 250 g/mol. The fraction of sp³-hybridized carbons (Fsp3) is 0.462. The van der Waals surface area contributed by atoms with Gasteiger partial charge in [-0.1, -0.05) is 12.1 Å². The second kappa shape index (κ2) is 5.73. The third-order valence-corrected chi connectivity index (χ3v) is 2.75. The molecule has 0 radical (unpaired) electrons. The molecule has 1 atom stereocenters. The maximum atomic E-state index is 12.1. The molecule has 0 aromatic heterocycles. The topological polar surface area (TPSA) is 50.8 Å². The van der Waals surface area contributed by atoms with Gasteiger partial charge in [-0.05, 0) is 19.1 Å². The fourth-order valence-corrected chi connectivity index (χ4v) is 1.94. The van der Waals surface area contributed by atoms with Crippen molar-refractivity contribution < 1.29 is 14.3 Å². The molecule has 2 amide bonds. The standard InChI is InChI=1S/C13H18N2O3/c1-10-9-15(13(16)14-7-8-17-2)11-5-3-4-6-12(11)18-10/h3-6,10H,7-9H2,1-2H3,(H,14,16)/t10-/m0/s1. The third-order valence-electron chi connectivity index (χ3n) is 2.75. The van der Waals surface area contributed by atoms with Crippen molar-refractivity contribution in [2.24, 2.45) is 0 Å². The van der Waals surface area contributed by atoms with E-state index in [9.17, 15) is 4.79 Å². The van der Waals surface area contributed by atoms with Gasteiger partial charge in [0, 0.05) is 13.7 Å². The first-order chi connectivity index (χ1) is 8.72. The number of nitrogens with one attached hydrogen (secondary N) is 1. The Morgan fingerprint density at radius 2 is 2.33 bits per heavy atom. The number of nitrogens with zero attached hydrogens (tertiary/aromatic N) is 1. The lowest BCUT2D eigenvalue weighted by Gasteiger charge is -2.33. The number of carbonyl (C=O) groups is 1. The van der Waals surface area contributed by atoms with Crippen LogP contribution in [0.25, 0.3) is 0 Å². The Bertz CT molecular complexity index is 422. The van der Waals surface area contributed by atoms with Gasteiger partial charge in [0.1, 0.15) is 11.9 Å². The summed E-state index contributed by atoms with van der Waals surface area (Å²) in [4.78, 5) is 13.8. The zero-order valence-electron chi connectivity index (χ0n) is 10.7. The smallest absolute Gasteiger partial charge is 0.322 e. The molecular formula is C13H18N2O3. The van der Waals surface area contributed by atoms with E-state index in [1.165, 1.54) is 0 Å². The van der Waals surface area contributed by atoms with Crippen LogP contribution >= 0.6 is 0 Å². The highest BCUT2D eigenvalue weighted by molar-refractivity contribution is 5.94. The molecule has 1 N–H and O–H groups in total. The average Bonchev–Trinajstić information content (AvgIpc) is 2.38. The number of rotatable bonds is 3. The summed E-state index contributed by atoms with van der Waals surface area (Å²) in [7, 11) is 1.61. The summed E-state index contributed by atoms with van der Waals surface area (Å²) in [6, 6.07) is 7.44. The maximum Gasteiger partial charge on any atom is 0.322 e. The van der Waals surface area contributed by atoms with E-state index in [1.807, 2.05) is 31.2 Å². The van der Waals surface area contributed by atoms with Crippen LogP contribution in [-0.2, 0) is 4.74 Å². The molecule has 1 aliphatic heterocycles. The molecule has 1 aliphatic rings. The van der Waals surface area contributed by atoms with Gasteiger partial charge in [0.25, 0.3) is 0 Å². The van der Waals surface area contributed by atoms with Gasteiger partial charge in [-0.3, -0.25) is 4.90 Å². The van der Waals surface area contributed by atoms with Crippen LogP contribution in [0.1, 0.15) is 6.92 Å². The van der Waals surface area contributed by atoms with Crippen LogP contribution in [0.4, 0.5) is 10.5 Å². The molecule has 0 unspecified atom stereocenters. The first kappa shape index (κ1) is 12.7. The lowest BCUT2D eigenvalue weighted by molar-refractivity contribution is 0.191. The summed E-state index contributed by atoms with van der Waals surface area (Å²) in [6.07, 6.45) is -0.00641. The van der Waals surface area contributed by atoms with Crippen molar-refractivity contribution in [3.63, 3.8) is 0 Å². The molecule has 98 valence electrons. The van der Waals surface area contributed by atoms with Gasteiger partial charge in [0.05, 0.1) is 18.8 Å². The molecule has 5 heteroatoms. The van der Waals surface area contributed by atoms with Gasteiger partial charge in [-0.25, -0.2) is 4.79 Å². The Kier molecular flexibility index (Phi) is 4.04. The molecule has 18 heavy (non-hydrogen) atoms. The van der Waals surface area contributed by atoms with E-state index in [4.69, 9.17) is 9.47 Å². The van der Waals surface area contributed by atoms with E-state index >= 15 is 0 Å². The van der Waals surface area contributed by atoms with E-state index in [0.29, 0.717) is 19.7 Å². The highest BCUT2D eigenvalue weighted by atomic mass is 16.5. The summed E-state index contributed by atoms with van der Waals surface area (Å²) >= 11 is 0. The van der Waals surface area contributed by atoms with Crippen molar-refractivity contribution in [1.82, 2.24) is 5.32 Å². The molecule has 1 heterocycles. The van der Waals surface area contributed by atoms with Crippen LogP contribution in [0.15, 0.2) is 24.3 Å². The van der Waals surface area contributed by atoms with Gasteiger partial charge >= 0.3 is 6.03 Å². The normalized spacial score (nSPS) is 17.9. The monoisotopic (exact) mass is 250 g/mol. The molecule has 0 aliphatic carbocycles. The minimum Gasteiger partial charge on any atom is -0.487 e. The van der Waals surface area contributed by atoms with Crippen molar-refractivity contribution in [2.45, 2.75) is 13.0 Å². The summed E-state index contributed by atoms with van der Waals surface area (Å²) in [5.74, 6) is 0.748. The molecule has 0 bridgehead atoms. The van der Waals surface area contributed by atoms with Crippen LogP contribution in [0.2, 0.25) is 0 Å². The Balaban J connectivity index is 2.10. The van der Waals surface area contributed by atoms with E-state index in [1.54, 1.807) is 12.0 Å². The SMILES string of the molecule is COCCNC(=O)N1C[C@H](C)Oc2ccccc21. The van der Waals surface area contributed by atoms with E-state index in [0.717, 1.165) is 11.4 Å². The number of urea groups is 1. The van der Waals surface area contributed by atoms with Crippen molar-refractivity contribution in [3.8, 4) is 5.75 Å². The number of methoxy groups -OCH3 is 1. The molecular weight excluding hydrogens is 232 g/mol. The minimum absolute atomic E-state index is 0.00641. The number of ether oxygens (including phenoxy) is 2. The molecule has 0 saturated heterocycles. The summed E-state index contributed by atoms with van der Waals surface area (Å²) in [5.41, 5.74) is 0.811. The van der Waals surface area contributed by atoms with Gasteiger partial charge < -0.3 is 14.8 Å². The fourth-order valence-electron chi connectivity index (χ4n) is 1.94. The number of amides is 2. The van der Waals surface area contributed by atoms with E-state index < -0.39 is 0 Å². The van der Waals surface area contributed by atoms with E-state index in [2.05, 4.69) is 5.32 Å². The maximum absolute atomic E-state index is 12.1. The van der Waals surface area contributed by atoms with Gasteiger partial charge in [0.2, 0.25) is 0 Å². The zero-order chi connectivity index (χ0) is 13.0. The second-order valence-electron chi connectivity index (χ2n) is 4.23. The van der Waals surface area contributed by atoms with Crippen molar-refractivity contribution in [1.29, 1.82) is 0 Å². The Morgan fingerprint density at radius 1 is 1.56 bits per heavy atom. The zero-order valence-corrected chi connectivity index (χ0v) is 10.7. The lowest BCUT2D eigenvalue weighted by Crippen LogP contribution is -2.47. The van der Waals surface area contributed by atoms with Crippen LogP contribution in [0.5, 0.6) is 5.75 Å². The molecule has 1 aromatic rings. The highest BCUT2D eigenvalue weighted by Gasteiger charge is 2.26. The Hall–Kier alpha value is -1.75. The van der Waals surface area contributed by atoms with Gasteiger partial charge in [0.15, 0.2) is 0 Å². The van der Waals surface area contributed by atoms with Gasteiger partial charge in [-0.2, -0.15) is 0 Å². The Morgan fingerprint density at radius 3 is 3.11 bits per heavy atom. The molecule has 0 fully saturated rings. The second-order valence-corrected chi connectivity index (χ2v) is 4.23. The predicted octanol–water partition coefficient (Wildman–Crippen LogP) is 1.63.